The van der Waals surface area contributed by atoms with E-state index in [2.05, 4.69) is 21.2 Å². The van der Waals surface area contributed by atoms with Gasteiger partial charge in [0.15, 0.2) is 0 Å². The molecule has 20 heavy (non-hydrogen) atoms. The van der Waals surface area contributed by atoms with Crippen LogP contribution >= 0.6 is 15.9 Å². The van der Waals surface area contributed by atoms with Crippen molar-refractivity contribution < 1.29 is 9.59 Å². The number of amides is 2. The minimum Gasteiger partial charge on any atom is -0.342 e. The summed E-state index contributed by atoms with van der Waals surface area (Å²) in [4.78, 5) is 26.5. The van der Waals surface area contributed by atoms with E-state index in [4.69, 9.17) is 0 Å². The number of nitrogens with zero attached hydrogens (tertiary/aromatic N) is 1. The van der Waals surface area contributed by atoms with Crippen molar-refractivity contribution in [1.82, 2.24) is 5.32 Å². The van der Waals surface area contributed by atoms with Crippen molar-refractivity contribution in [3.05, 3.63) is 28.2 Å². The maximum absolute atomic E-state index is 12.6. The van der Waals surface area contributed by atoms with Crippen LogP contribution in [0.4, 0.5) is 5.69 Å². The summed E-state index contributed by atoms with van der Waals surface area (Å²) in [6.07, 6.45) is 1.19. The highest BCUT2D eigenvalue weighted by Crippen LogP contribution is 2.33. The van der Waals surface area contributed by atoms with Crippen molar-refractivity contribution in [3.63, 3.8) is 0 Å². The number of halogens is 1. The third kappa shape index (κ3) is 2.46. The first-order valence-electron chi connectivity index (χ1n) is 6.89. The number of hydrogen-bond donors (Lipinski definition) is 1. The molecule has 108 valence electrons. The second-order valence-corrected chi connectivity index (χ2v) is 5.80. The van der Waals surface area contributed by atoms with E-state index >= 15 is 0 Å². The van der Waals surface area contributed by atoms with Crippen LogP contribution in [0, 0.1) is 6.92 Å². The van der Waals surface area contributed by atoms with E-state index < -0.39 is 12.1 Å². The van der Waals surface area contributed by atoms with E-state index in [1.165, 1.54) is 0 Å². The van der Waals surface area contributed by atoms with Crippen LogP contribution in [0.2, 0.25) is 0 Å². The predicted octanol–water partition coefficient (Wildman–Crippen LogP) is 2.78. The molecule has 1 heterocycles. The van der Waals surface area contributed by atoms with Crippen molar-refractivity contribution in [2.24, 2.45) is 0 Å². The van der Waals surface area contributed by atoms with Crippen LogP contribution in [0.3, 0.4) is 0 Å². The number of benzene rings is 1. The highest BCUT2D eigenvalue weighted by atomic mass is 79.9. The van der Waals surface area contributed by atoms with Gasteiger partial charge < -0.3 is 5.32 Å². The fourth-order valence-corrected chi connectivity index (χ4v) is 2.97. The van der Waals surface area contributed by atoms with Gasteiger partial charge in [0.25, 0.3) is 0 Å². The zero-order valence-electron chi connectivity index (χ0n) is 11.9. The van der Waals surface area contributed by atoms with Gasteiger partial charge in [-0.05, 0) is 47.3 Å². The lowest BCUT2D eigenvalue weighted by atomic mass is 10.0. The fourth-order valence-electron chi connectivity index (χ4n) is 2.52. The molecule has 1 aromatic rings. The van der Waals surface area contributed by atoms with Crippen molar-refractivity contribution >= 4 is 33.4 Å². The van der Waals surface area contributed by atoms with Crippen LogP contribution in [0.5, 0.6) is 0 Å². The number of anilines is 1. The van der Waals surface area contributed by atoms with Crippen LogP contribution in [0.25, 0.3) is 0 Å². The molecular formula is C15H19BrN2O2. The molecule has 1 N–H and O–H groups in total. The Bertz CT molecular complexity index is 545. The summed E-state index contributed by atoms with van der Waals surface area (Å²) in [5, 5.41) is 2.81. The molecule has 0 radical (unpaired) electrons. The molecule has 0 aliphatic carbocycles. The molecule has 1 aromatic carbocycles. The van der Waals surface area contributed by atoms with Crippen LogP contribution in [0.1, 0.15) is 32.3 Å². The second-order valence-electron chi connectivity index (χ2n) is 5.01. The molecule has 4 nitrogen and oxygen atoms in total. The fraction of sp³-hybridized carbons (Fsp3) is 0.467. The Kier molecular flexibility index (Phi) is 4.48. The van der Waals surface area contributed by atoms with Gasteiger partial charge in [0.05, 0.1) is 5.69 Å². The maximum Gasteiger partial charge on any atom is 0.250 e. The number of piperazine rings is 1. The zero-order valence-corrected chi connectivity index (χ0v) is 13.5. The standard InChI is InChI=1S/C15H19BrN2O2/c1-4-10-15(20)18(11(5-2)14(19)17-10)12-8-6-7-9(3)13(12)16/h6-8,10-11H,4-5H2,1-3H3,(H,17,19). The molecule has 1 fully saturated rings. The SMILES string of the molecule is CCC1NC(=O)C(CC)N(c2cccc(C)c2Br)C1=O. The number of rotatable bonds is 3. The van der Waals surface area contributed by atoms with Gasteiger partial charge in [-0.25, -0.2) is 0 Å². The number of aryl methyl sites for hydroxylation is 1. The summed E-state index contributed by atoms with van der Waals surface area (Å²) in [5.74, 6) is -0.113. The van der Waals surface area contributed by atoms with Crippen LogP contribution < -0.4 is 10.2 Å². The van der Waals surface area contributed by atoms with Gasteiger partial charge in [0.2, 0.25) is 11.8 Å². The average Bonchev–Trinajstić information content (AvgIpc) is 2.44. The molecule has 0 bridgehead atoms. The Labute approximate surface area is 127 Å². The van der Waals surface area contributed by atoms with Gasteiger partial charge >= 0.3 is 0 Å². The summed E-state index contributed by atoms with van der Waals surface area (Å²) in [7, 11) is 0. The van der Waals surface area contributed by atoms with Crippen molar-refractivity contribution in [1.29, 1.82) is 0 Å². The Morgan fingerprint density at radius 1 is 1.25 bits per heavy atom. The van der Waals surface area contributed by atoms with Crippen molar-refractivity contribution in [2.45, 2.75) is 45.7 Å². The van der Waals surface area contributed by atoms with Crippen molar-refractivity contribution in [2.75, 3.05) is 4.90 Å². The third-order valence-electron chi connectivity index (χ3n) is 3.69. The molecule has 0 aromatic heterocycles. The lowest BCUT2D eigenvalue weighted by Gasteiger charge is -2.39. The van der Waals surface area contributed by atoms with Crippen LogP contribution in [0.15, 0.2) is 22.7 Å². The van der Waals surface area contributed by atoms with E-state index in [1.807, 2.05) is 39.0 Å². The molecule has 5 heteroatoms. The molecule has 2 unspecified atom stereocenters. The maximum atomic E-state index is 12.6. The van der Waals surface area contributed by atoms with Gasteiger partial charge in [-0.2, -0.15) is 0 Å². The normalized spacial score (nSPS) is 22.9. The number of carbonyl (C=O) groups excluding carboxylic acids is 2. The molecule has 1 aliphatic rings. The Balaban J connectivity index is 2.51. The van der Waals surface area contributed by atoms with Gasteiger partial charge in [-0.3, -0.25) is 14.5 Å². The molecule has 1 aliphatic heterocycles. The Morgan fingerprint density at radius 3 is 2.55 bits per heavy atom. The summed E-state index contributed by atoms with van der Waals surface area (Å²) >= 11 is 3.54. The summed E-state index contributed by atoms with van der Waals surface area (Å²) in [6.45, 7) is 5.79. The third-order valence-corrected chi connectivity index (χ3v) is 4.72. The first-order valence-corrected chi connectivity index (χ1v) is 7.69. The first kappa shape index (κ1) is 15.0. The molecular weight excluding hydrogens is 320 g/mol. The number of hydrogen-bond acceptors (Lipinski definition) is 2. The largest absolute Gasteiger partial charge is 0.342 e. The minimum atomic E-state index is -0.441. The van der Waals surface area contributed by atoms with Crippen molar-refractivity contribution in [3.8, 4) is 0 Å². The van der Waals surface area contributed by atoms with E-state index in [0.717, 1.165) is 15.7 Å². The number of nitrogens with one attached hydrogen (secondary N) is 1. The number of carbonyl (C=O) groups is 2. The summed E-state index contributed by atoms with van der Waals surface area (Å²) in [6, 6.07) is 4.88. The van der Waals surface area contributed by atoms with Gasteiger partial charge in [-0.1, -0.05) is 26.0 Å². The average molecular weight is 339 g/mol. The highest BCUT2D eigenvalue weighted by molar-refractivity contribution is 9.10. The second kappa shape index (κ2) is 5.95. The van der Waals surface area contributed by atoms with Gasteiger partial charge in [-0.15, -0.1) is 0 Å². The van der Waals surface area contributed by atoms with E-state index in [9.17, 15) is 9.59 Å². The lowest BCUT2D eigenvalue weighted by molar-refractivity contribution is -0.134. The molecule has 2 amide bonds. The molecule has 0 spiro atoms. The van der Waals surface area contributed by atoms with Crippen LogP contribution in [-0.2, 0) is 9.59 Å². The minimum absolute atomic E-state index is 0.0368. The highest BCUT2D eigenvalue weighted by Gasteiger charge is 2.40. The van der Waals surface area contributed by atoms with Gasteiger partial charge in [0.1, 0.15) is 12.1 Å². The Hall–Kier alpha value is -1.36. The monoisotopic (exact) mass is 338 g/mol. The van der Waals surface area contributed by atoms with E-state index in [1.54, 1.807) is 4.90 Å². The molecule has 2 rings (SSSR count). The predicted molar refractivity (Wildman–Crippen MR) is 82.7 cm³/mol. The van der Waals surface area contributed by atoms with Gasteiger partial charge in [0, 0.05) is 4.47 Å². The Morgan fingerprint density at radius 2 is 1.95 bits per heavy atom. The van der Waals surface area contributed by atoms with E-state index in [-0.39, 0.29) is 11.8 Å². The summed E-state index contributed by atoms with van der Waals surface area (Å²) < 4.78 is 0.872. The zero-order chi connectivity index (χ0) is 14.9. The first-order chi connectivity index (χ1) is 9.51. The lowest BCUT2D eigenvalue weighted by Crippen LogP contribution is -2.63. The van der Waals surface area contributed by atoms with Crippen LogP contribution in [-0.4, -0.2) is 23.9 Å². The molecule has 0 saturated carbocycles. The molecule has 1 saturated heterocycles. The van der Waals surface area contributed by atoms with E-state index in [0.29, 0.717) is 12.8 Å². The topological polar surface area (TPSA) is 49.4 Å². The quantitative estimate of drug-likeness (QED) is 0.921. The summed E-state index contributed by atoms with van der Waals surface area (Å²) in [5.41, 5.74) is 1.82. The molecule has 2 atom stereocenters. The smallest absolute Gasteiger partial charge is 0.250 e.